The Morgan fingerprint density at radius 3 is 2.62 bits per heavy atom. The average Bonchev–Trinajstić information content (AvgIpc) is 2.07. The molecule has 0 fully saturated rings. The van der Waals surface area contributed by atoms with E-state index in [2.05, 4.69) is 15.9 Å². The van der Waals surface area contributed by atoms with Crippen LogP contribution in [0.3, 0.4) is 0 Å². The fraction of sp³-hybridized carbons (Fsp3) is 0.250. The molecule has 0 aliphatic rings. The third-order valence-electron chi connectivity index (χ3n) is 1.69. The summed E-state index contributed by atoms with van der Waals surface area (Å²) >= 11 is 3.20. The van der Waals surface area contributed by atoms with E-state index in [1.807, 2.05) is 0 Å². The van der Waals surface area contributed by atoms with Crippen LogP contribution in [0.4, 0.5) is 10.1 Å². The van der Waals surface area contributed by atoms with Crippen LogP contribution in [0.5, 0.6) is 0 Å². The highest BCUT2D eigenvalue weighted by molar-refractivity contribution is 9.10. The van der Waals surface area contributed by atoms with Gasteiger partial charge in [-0.2, -0.15) is 0 Å². The van der Waals surface area contributed by atoms with Gasteiger partial charge < -0.3 is 10.1 Å². The first-order valence-electron chi connectivity index (χ1n) is 3.64. The van der Waals surface area contributed by atoms with E-state index in [1.165, 1.54) is 19.2 Å². The van der Waals surface area contributed by atoms with E-state index in [1.54, 1.807) is 0 Å². The second-order valence-corrected chi connectivity index (χ2v) is 3.48. The Hall–Kier alpha value is -0.650. The quantitative estimate of drug-likeness (QED) is 0.615. The SMILES string of the molecule is CN(N)c1c(F)ccc(Br)c1CO. The molecule has 1 aromatic rings. The predicted molar refractivity (Wildman–Crippen MR) is 52.6 cm³/mol. The lowest BCUT2D eigenvalue weighted by molar-refractivity contribution is 0.280. The first-order valence-corrected chi connectivity index (χ1v) is 4.43. The summed E-state index contributed by atoms with van der Waals surface area (Å²) in [5.74, 6) is 4.97. The van der Waals surface area contributed by atoms with E-state index in [9.17, 15) is 4.39 Å². The van der Waals surface area contributed by atoms with Gasteiger partial charge in [-0.25, -0.2) is 10.2 Å². The van der Waals surface area contributed by atoms with Gasteiger partial charge in [-0.15, -0.1) is 0 Å². The lowest BCUT2D eigenvalue weighted by atomic mass is 10.2. The van der Waals surface area contributed by atoms with Gasteiger partial charge in [0.15, 0.2) is 0 Å². The number of halogens is 2. The zero-order valence-corrected chi connectivity index (χ0v) is 8.68. The van der Waals surface area contributed by atoms with Crippen LogP contribution in [0.15, 0.2) is 16.6 Å². The van der Waals surface area contributed by atoms with Gasteiger partial charge in [0.2, 0.25) is 0 Å². The molecule has 1 rings (SSSR count). The van der Waals surface area contributed by atoms with Crippen molar-refractivity contribution < 1.29 is 9.50 Å². The molecule has 0 atom stereocenters. The number of aliphatic hydroxyl groups excluding tert-OH is 1. The topological polar surface area (TPSA) is 49.5 Å². The maximum Gasteiger partial charge on any atom is 0.148 e. The van der Waals surface area contributed by atoms with Crippen LogP contribution in [0, 0.1) is 5.82 Å². The number of benzene rings is 1. The fourth-order valence-electron chi connectivity index (χ4n) is 1.11. The molecule has 0 aromatic heterocycles. The Kier molecular flexibility index (Phi) is 3.24. The number of nitrogens with zero attached hydrogens (tertiary/aromatic N) is 1. The molecule has 5 heteroatoms. The number of aliphatic hydroxyl groups is 1. The van der Waals surface area contributed by atoms with E-state index in [-0.39, 0.29) is 12.3 Å². The number of hydrazine groups is 1. The third-order valence-corrected chi connectivity index (χ3v) is 2.43. The summed E-state index contributed by atoms with van der Waals surface area (Å²) in [7, 11) is 1.52. The Morgan fingerprint density at radius 1 is 1.62 bits per heavy atom. The van der Waals surface area contributed by atoms with Crippen molar-refractivity contribution in [2.75, 3.05) is 12.1 Å². The first kappa shape index (κ1) is 10.4. The van der Waals surface area contributed by atoms with Crippen LogP contribution in [0.25, 0.3) is 0 Å². The van der Waals surface area contributed by atoms with Crippen LogP contribution in [0.2, 0.25) is 0 Å². The molecule has 0 bridgehead atoms. The number of nitrogens with two attached hydrogens (primary N) is 1. The maximum atomic E-state index is 13.2. The highest BCUT2D eigenvalue weighted by Gasteiger charge is 2.13. The smallest absolute Gasteiger partial charge is 0.148 e. The molecule has 3 N–H and O–H groups in total. The third kappa shape index (κ3) is 1.99. The monoisotopic (exact) mass is 248 g/mol. The molecule has 0 radical (unpaired) electrons. The van der Waals surface area contributed by atoms with E-state index in [0.717, 1.165) is 5.01 Å². The minimum Gasteiger partial charge on any atom is -0.392 e. The summed E-state index contributed by atoms with van der Waals surface area (Å²) in [5, 5.41) is 10.1. The van der Waals surface area contributed by atoms with Crippen molar-refractivity contribution in [1.29, 1.82) is 0 Å². The van der Waals surface area contributed by atoms with Crippen molar-refractivity contribution in [2.45, 2.75) is 6.61 Å². The van der Waals surface area contributed by atoms with Crippen molar-refractivity contribution >= 4 is 21.6 Å². The molecule has 0 saturated carbocycles. The van der Waals surface area contributed by atoms with Crippen LogP contribution in [0.1, 0.15) is 5.56 Å². The van der Waals surface area contributed by atoms with E-state index < -0.39 is 5.82 Å². The van der Waals surface area contributed by atoms with Crippen LogP contribution >= 0.6 is 15.9 Å². The minimum atomic E-state index is -0.447. The van der Waals surface area contributed by atoms with Gasteiger partial charge in [0.05, 0.1) is 12.3 Å². The standard InChI is InChI=1S/C8H10BrFN2O/c1-12(11)8-5(4-13)6(9)2-3-7(8)10/h2-3,13H,4,11H2,1H3. The fourth-order valence-corrected chi connectivity index (χ4v) is 1.56. The van der Waals surface area contributed by atoms with Crippen molar-refractivity contribution in [2.24, 2.45) is 5.84 Å². The van der Waals surface area contributed by atoms with Crippen LogP contribution < -0.4 is 10.9 Å². The maximum absolute atomic E-state index is 13.2. The minimum absolute atomic E-state index is 0.205. The van der Waals surface area contributed by atoms with Crippen molar-refractivity contribution in [3.8, 4) is 0 Å². The molecule has 72 valence electrons. The highest BCUT2D eigenvalue weighted by atomic mass is 79.9. The summed E-state index contributed by atoms with van der Waals surface area (Å²) in [5.41, 5.74) is 0.655. The van der Waals surface area contributed by atoms with E-state index in [0.29, 0.717) is 10.0 Å². The lowest BCUT2D eigenvalue weighted by Gasteiger charge is -2.17. The molecular weight excluding hydrogens is 239 g/mol. The lowest BCUT2D eigenvalue weighted by Crippen LogP contribution is -2.27. The Labute approximate surface area is 84.1 Å². The molecule has 3 nitrogen and oxygen atoms in total. The summed E-state index contributed by atoms with van der Waals surface area (Å²) in [6, 6.07) is 2.83. The predicted octanol–water partition coefficient (Wildman–Crippen LogP) is 1.39. The zero-order chi connectivity index (χ0) is 10.0. The summed E-state index contributed by atoms with van der Waals surface area (Å²) in [6.07, 6.45) is 0. The summed E-state index contributed by atoms with van der Waals surface area (Å²) < 4.78 is 13.9. The number of hydrogen-bond acceptors (Lipinski definition) is 3. The molecule has 0 aliphatic carbocycles. The van der Waals surface area contributed by atoms with Gasteiger partial charge in [-0.1, -0.05) is 15.9 Å². The first-order chi connectivity index (χ1) is 6.07. The Bertz CT molecular complexity index is 317. The van der Waals surface area contributed by atoms with E-state index >= 15 is 0 Å². The van der Waals surface area contributed by atoms with E-state index in [4.69, 9.17) is 10.9 Å². The Balaban J connectivity index is 3.35. The van der Waals surface area contributed by atoms with Gasteiger partial charge in [-0.05, 0) is 12.1 Å². The number of anilines is 1. The Morgan fingerprint density at radius 2 is 2.23 bits per heavy atom. The molecule has 0 heterocycles. The summed E-state index contributed by atoms with van der Waals surface area (Å²) in [4.78, 5) is 0. The largest absolute Gasteiger partial charge is 0.392 e. The average molecular weight is 249 g/mol. The molecule has 1 aromatic carbocycles. The molecule has 0 spiro atoms. The molecule has 0 aliphatic heterocycles. The summed E-state index contributed by atoms with van der Waals surface area (Å²) in [6.45, 7) is -0.255. The molecule has 0 amide bonds. The van der Waals surface area contributed by atoms with Gasteiger partial charge in [0.1, 0.15) is 5.82 Å². The van der Waals surface area contributed by atoms with Gasteiger partial charge in [0, 0.05) is 17.1 Å². The van der Waals surface area contributed by atoms with Gasteiger partial charge >= 0.3 is 0 Å². The van der Waals surface area contributed by atoms with Crippen LogP contribution in [-0.2, 0) is 6.61 Å². The van der Waals surface area contributed by atoms with Gasteiger partial charge in [0.25, 0.3) is 0 Å². The van der Waals surface area contributed by atoms with Crippen molar-refractivity contribution in [1.82, 2.24) is 0 Å². The molecular formula is C8H10BrFN2O. The molecule has 0 saturated heterocycles. The molecule has 13 heavy (non-hydrogen) atoms. The number of hydrogen-bond donors (Lipinski definition) is 2. The zero-order valence-electron chi connectivity index (χ0n) is 7.09. The van der Waals surface area contributed by atoms with Crippen molar-refractivity contribution in [3.05, 3.63) is 28.0 Å². The highest BCUT2D eigenvalue weighted by Crippen LogP contribution is 2.28. The second-order valence-electron chi connectivity index (χ2n) is 2.63. The normalized spacial score (nSPS) is 10.2. The van der Waals surface area contributed by atoms with Crippen molar-refractivity contribution in [3.63, 3.8) is 0 Å². The molecule has 0 unspecified atom stereocenters. The second kappa shape index (κ2) is 4.04. The number of rotatable bonds is 2. The van der Waals surface area contributed by atoms with Gasteiger partial charge in [-0.3, -0.25) is 0 Å². The van der Waals surface area contributed by atoms with Crippen LogP contribution in [-0.4, -0.2) is 12.2 Å².